The minimum Gasteiger partial charge on any atom is -0.494 e. The van der Waals surface area contributed by atoms with Crippen LogP contribution < -0.4 is 10.5 Å². The summed E-state index contributed by atoms with van der Waals surface area (Å²) in [7, 11) is 0. The van der Waals surface area contributed by atoms with Gasteiger partial charge in [0.2, 0.25) is 5.91 Å². The zero-order valence-corrected chi connectivity index (χ0v) is 13.3. The second-order valence-electron chi connectivity index (χ2n) is 6.39. The normalized spacial score (nSPS) is 26.5. The number of carbonyl (C=O) groups excluding carboxylic acids is 1. The molecule has 4 nitrogen and oxygen atoms in total. The third kappa shape index (κ3) is 2.98. The van der Waals surface area contributed by atoms with Gasteiger partial charge in [0.25, 0.3) is 0 Å². The van der Waals surface area contributed by atoms with Gasteiger partial charge in [0.05, 0.1) is 12.6 Å². The smallest absolute Gasteiger partial charge is 0.223 e. The number of nitrogens with two attached hydrogens (primary N) is 1. The van der Waals surface area contributed by atoms with Crippen molar-refractivity contribution in [2.45, 2.75) is 63.6 Å². The number of rotatable bonds is 4. The molecular weight excluding hydrogens is 276 g/mol. The molecule has 2 N–H and O–H groups in total. The quantitative estimate of drug-likeness (QED) is 0.930. The standard InChI is InChI=1S/C18H26N2O2/c1-2-22-15-9-7-13(8-10-15)18-16(19)11-12-17(21)20(18)14-5-3-4-6-14/h7-10,14,16,18H,2-6,11-12,19H2,1H3. The Morgan fingerprint density at radius 3 is 2.50 bits per heavy atom. The van der Waals surface area contributed by atoms with E-state index in [-0.39, 0.29) is 18.0 Å². The maximum absolute atomic E-state index is 12.5. The molecule has 120 valence electrons. The Morgan fingerprint density at radius 2 is 1.86 bits per heavy atom. The lowest BCUT2D eigenvalue weighted by Crippen LogP contribution is -2.52. The van der Waals surface area contributed by atoms with Crippen molar-refractivity contribution in [3.05, 3.63) is 29.8 Å². The summed E-state index contributed by atoms with van der Waals surface area (Å²) in [6.45, 7) is 2.64. The Bertz CT molecular complexity index is 508. The van der Waals surface area contributed by atoms with Gasteiger partial charge >= 0.3 is 0 Å². The second-order valence-corrected chi connectivity index (χ2v) is 6.39. The zero-order valence-electron chi connectivity index (χ0n) is 13.3. The Hall–Kier alpha value is -1.55. The molecule has 1 amide bonds. The molecule has 2 fully saturated rings. The number of carbonyl (C=O) groups is 1. The van der Waals surface area contributed by atoms with E-state index < -0.39 is 0 Å². The van der Waals surface area contributed by atoms with E-state index in [0.717, 1.165) is 30.6 Å². The first-order valence-corrected chi connectivity index (χ1v) is 8.50. The number of ether oxygens (including phenoxy) is 1. The van der Waals surface area contributed by atoms with Gasteiger partial charge in [-0.05, 0) is 43.9 Å². The summed E-state index contributed by atoms with van der Waals surface area (Å²) < 4.78 is 5.51. The van der Waals surface area contributed by atoms with Gasteiger partial charge in [-0.15, -0.1) is 0 Å². The van der Waals surface area contributed by atoms with Gasteiger partial charge < -0.3 is 15.4 Å². The van der Waals surface area contributed by atoms with Crippen molar-refractivity contribution in [2.24, 2.45) is 5.73 Å². The summed E-state index contributed by atoms with van der Waals surface area (Å²) in [5, 5.41) is 0. The number of hydrogen-bond acceptors (Lipinski definition) is 3. The molecule has 1 saturated heterocycles. The first-order chi connectivity index (χ1) is 10.7. The van der Waals surface area contributed by atoms with Gasteiger partial charge in [-0.3, -0.25) is 4.79 Å². The van der Waals surface area contributed by atoms with Crippen LogP contribution in [0.4, 0.5) is 0 Å². The molecule has 1 saturated carbocycles. The van der Waals surface area contributed by atoms with Crippen LogP contribution in [0.2, 0.25) is 0 Å². The molecule has 1 aliphatic heterocycles. The average molecular weight is 302 g/mol. The van der Waals surface area contributed by atoms with E-state index in [2.05, 4.69) is 17.0 Å². The van der Waals surface area contributed by atoms with Gasteiger partial charge in [-0.2, -0.15) is 0 Å². The minimum absolute atomic E-state index is 0.0139. The van der Waals surface area contributed by atoms with Crippen molar-refractivity contribution < 1.29 is 9.53 Å². The number of hydrogen-bond donors (Lipinski definition) is 1. The molecule has 1 heterocycles. The van der Waals surface area contributed by atoms with Crippen molar-refractivity contribution in [2.75, 3.05) is 6.61 Å². The van der Waals surface area contributed by atoms with Gasteiger partial charge in [0.1, 0.15) is 5.75 Å². The molecule has 4 heteroatoms. The minimum atomic E-state index is 0.0139. The maximum Gasteiger partial charge on any atom is 0.223 e. The summed E-state index contributed by atoms with van der Waals surface area (Å²) in [6.07, 6.45) is 6.04. The van der Waals surface area contributed by atoms with Crippen molar-refractivity contribution >= 4 is 5.91 Å². The SMILES string of the molecule is CCOc1ccc(C2C(N)CCC(=O)N2C2CCCC2)cc1. The fourth-order valence-electron chi connectivity index (χ4n) is 3.89. The molecular formula is C18H26N2O2. The van der Waals surface area contributed by atoms with Crippen LogP contribution in [0.25, 0.3) is 0 Å². The molecule has 0 aromatic heterocycles. The Balaban J connectivity index is 1.87. The lowest BCUT2D eigenvalue weighted by molar-refractivity contribution is -0.140. The molecule has 2 aliphatic rings. The first-order valence-electron chi connectivity index (χ1n) is 8.50. The topological polar surface area (TPSA) is 55.6 Å². The van der Waals surface area contributed by atoms with Crippen LogP contribution in [-0.2, 0) is 4.79 Å². The van der Waals surface area contributed by atoms with Crippen LogP contribution >= 0.6 is 0 Å². The van der Waals surface area contributed by atoms with Crippen molar-refractivity contribution in [3.63, 3.8) is 0 Å². The first kappa shape index (κ1) is 15.3. The number of likely N-dealkylation sites (tertiary alicyclic amines) is 1. The van der Waals surface area contributed by atoms with Crippen molar-refractivity contribution in [1.29, 1.82) is 0 Å². The van der Waals surface area contributed by atoms with Crippen LogP contribution in [-0.4, -0.2) is 29.5 Å². The van der Waals surface area contributed by atoms with Gasteiger partial charge in [0, 0.05) is 18.5 Å². The van der Waals surface area contributed by atoms with Crippen LogP contribution in [0.3, 0.4) is 0 Å². The Labute approximate surface area is 132 Å². The predicted molar refractivity (Wildman–Crippen MR) is 86.7 cm³/mol. The molecule has 1 aromatic carbocycles. The summed E-state index contributed by atoms with van der Waals surface area (Å²) >= 11 is 0. The molecule has 1 aromatic rings. The van der Waals surface area contributed by atoms with Crippen LogP contribution in [0.15, 0.2) is 24.3 Å². The largest absolute Gasteiger partial charge is 0.494 e. The van der Waals surface area contributed by atoms with Crippen LogP contribution in [0, 0.1) is 0 Å². The summed E-state index contributed by atoms with van der Waals surface area (Å²) in [4.78, 5) is 14.6. The molecule has 0 bridgehead atoms. The predicted octanol–water partition coefficient (Wildman–Crippen LogP) is 3.02. The molecule has 3 rings (SSSR count). The van der Waals surface area contributed by atoms with Gasteiger partial charge in [0.15, 0.2) is 0 Å². The number of benzene rings is 1. The zero-order chi connectivity index (χ0) is 15.5. The molecule has 2 atom stereocenters. The number of amides is 1. The highest BCUT2D eigenvalue weighted by Crippen LogP contribution is 2.37. The number of piperidine rings is 1. The molecule has 22 heavy (non-hydrogen) atoms. The monoisotopic (exact) mass is 302 g/mol. The van der Waals surface area contributed by atoms with E-state index in [1.165, 1.54) is 12.8 Å². The van der Waals surface area contributed by atoms with E-state index in [9.17, 15) is 4.79 Å². The molecule has 0 radical (unpaired) electrons. The van der Waals surface area contributed by atoms with Crippen LogP contribution in [0.5, 0.6) is 5.75 Å². The van der Waals surface area contributed by atoms with E-state index >= 15 is 0 Å². The highest BCUT2D eigenvalue weighted by Gasteiger charge is 2.39. The van der Waals surface area contributed by atoms with E-state index in [0.29, 0.717) is 19.1 Å². The summed E-state index contributed by atoms with van der Waals surface area (Å²) in [6, 6.07) is 8.51. The average Bonchev–Trinajstić information content (AvgIpc) is 3.04. The van der Waals surface area contributed by atoms with Crippen molar-refractivity contribution in [3.8, 4) is 5.75 Å². The number of nitrogens with zero attached hydrogens (tertiary/aromatic N) is 1. The third-order valence-corrected chi connectivity index (χ3v) is 4.94. The van der Waals surface area contributed by atoms with Gasteiger partial charge in [-0.25, -0.2) is 0 Å². The highest BCUT2D eigenvalue weighted by molar-refractivity contribution is 5.78. The molecule has 2 unspecified atom stereocenters. The fraction of sp³-hybridized carbons (Fsp3) is 0.611. The van der Waals surface area contributed by atoms with Gasteiger partial charge in [-0.1, -0.05) is 25.0 Å². The molecule has 1 aliphatic carbocycles. The van der Waals surface area contributed by atoms with Crippen LogP contribution in [0.1, 0.15) is 57.1 Å². The fourth-order valence-corrected chi connectivity index (χ4v) is 3.89. The van der Waals surface area contributed by atoms with E-state index in [1.807, 2.05) is 19.1 Å². The Kier molecular flexibility index (Phi) is 4.67. The van der Waals surface area contributed by atoms with E-state index in [1.54, 1.807) is 0 Å². The third-order valence-electron chi connectivity index (χ3n) is 4.94. The lowest BCUT2D eigenvalue weighted by atomic mass is 9.89. The molecule has 0 spiro atoms. The Morgan fingerprint density at radius 1 is 1.18 bits per heavy atom. The summed E-state index contributed by atoms with van der Waals surface area (Å²) in [5.41, 5.74) is 7.54. The highest BCUT2D eigenvalue weighted by atomic mass is 16.5. The van der Waals surface area contributed by atoms with Crippen molar-refractivity contribution in [1.82, 2.24) is 4.90 Å². The maximum atomic E-state index is 12.5. The lowest BCUT2D eigenvalue weighted by Gasteiger charge is -2.43. The summed E-state index contributed by atoms with van der Waals surface area (Å²) in [5.74, 6) is 1.14. The second kappa shape index (κ2) is 6.69. The van der Waals surface area contributed by atoms with E-state index in [4.69, 9.17) is 10.5 Å².